The molecule has 1 aliphatic rings. The number of fused-ring (bicyclic) bond motifs is 3. The molecule has 0 spiro atoms. The van der Waals surface area contributed by atoms with Crippen molar-refractivity contribution in [1.29, 1.82) is 0 Å². The van der Waals surface area contributed by atoms with Crippen LogP contribution in [-0.2, 0) is 10.3 Å². The molecule has 8 nitrogen and oxygen atoms in total. The number of carbonyl (C=O) groups excluding carboxylic acids is 1. The van der Waals surface area contributed by atoms with Crippen LogP contribution in [0, 0.1) is 12.3 Å². The number of carbonyl (C=O) groups is 1. The molecule has 1 fully saturated rings. The van der Waals surface area contributed by atoms with Gasteiger partial charge in [-0.15, -0.1) is 12.3 Å². The van der Waals surface area contributed by atoms with Crippen LogP contribution in [0.25, 0.3) is 38.9 Å². The largest absolute Gasteiger partial charge is 0.389 e. The van der Waals surface area contributed by atoms with E-state index in [-0.39, 0.29) is 11.6 Å². The highest BCUT2D eigenvalue weighted by atomic mass is 16.3. The number of aliphatic hydroxyl groups excluding tert-OH is 1. The minimum Gasteiger partial charge on any atom is -0.389 e. The minimum atomic E-state index is -0.692. The van der Waals surface area contributed by atoms with Gasteiger partial charge >= 0.3 is 5.69 Å². The van der Waals surface area contributed by atoms with Crippen molar-refractivity contribution in [2.75, 3.05) is 0 Å². The van der Waals surface area contributed by atoms with Crippen molar-refractivity contribution in [2.45, 2.75) is 50.2 Å². The molecule has 42 heavy (non-hydrogen) atoms. The van der Waals surface area contributed by atoms with E-state index < -0.39 is 11.6 Å². The molecule has 1 unspecified atom stereocenters. The second kappa shape index (κ2) is 11.5. The fourth-order valence-corrected chi connectivity index (χ4v) is 5.69. The van der Waals surface area contributed by atoms with E-state index in [9.17, 15) is 14.7 Å². The summed E-state index contributed by atoms with van der Waals surface area (Å²) in [5.74, 6) is 2.35. The maximum Gasteiger partial charge on any atom is 0.347 e. The molecule has 4 N–H and O–H groups in total. The second-order valence-corrected chi connectivity index (χ2v) is 10.8. The molecule has 6 rings (SSSR count). The van der Waals surface area contributed by atoms with Gasteiger partial charge < -0.3 is 10.4 Å². The van der Waals surface area contributed by atoms with Gasteiger partial charge in [-0.25, -0.2) is 19.3 Å². The predicted octanol–water partition coefficient (Wildman–Crippen LogP) is 4.54. The highest BCUT2D eigenvalue weighted by Gasteiger charge is 2.39. The molecule has 0 radical (unpaired) electrons. The lowest BCUT2D eigenvalue weighted by Gasteiger charge is -2.43. The lowest BCUT2D eigenvalue weighted by Crippen LogP contribution is -2.50. The van der Waals surface area contributed by atoms with Crippen molar-refractivity contribution in [3.05, 3.63) is 101 Å². The molecule has 2 aromatic carbocycles. The molecule has 210 valence electrons. The topological polar surface area (TPSA) is 114 Å². The smallest absolute Gasteiger partial charge is 0.347 e. The maximum absolute atomic E-state index is 12.8. The molecule has 0 aliphatic heterocycles. The summed E-state index contributed by atoms with van der Waals surface area (Å²) in [7, 11) is 0. The Labute approximate surface area is 243 Å². The van der Waals surface area contributed by atoms with Gasteiger partial charge in [0.2, 0.25) is 17.1 Å². The number of nitrogens with zero attached hydrogens (tertiary/aromatic N) is 2. The summed E-state index contributed by atoms with van der Waals surface area (Å²) in [6.45, 7) is 0. The average molecular weight is 559 g/mol. The summed E-state index contributed by atoms with van der Waals surface area (Å²) in [6.07, 6.45) is 13.8. The third-order valence-electron chi connectivity index (χ3n) is 8.11. The van der Waals surface area contributed by atoms with E-state index in [2.05, 4.69) is 68.9 Å². The van der Waals surface area contributed by atoms with Crippen LogP contribution in [0.4, 0.5) is 0 Å². The van der Waals surface area contributed by atoms with Crippen molar-refractivity contribution in [2.24, 2.45) is 0 Å². The highest BCUT2D eigenvalue weighted by molar-refractivity contribution is 5.95. The van der Waals surface area contributed by atoms with Gasteiger partial charge in [0.05, 0.1) is 22.6 Å². The molecule has 8 heteroatoms. The molecule has 0 bridgehead atoms. The number of nitrogens with one attached hydrogen (secondary N) is 3. The number of unbranched alkanes of at least 4 members (excludes halogenated alkanes) is 1. The van der Waals surface area contributed by atoms with Crippen LogP contribution in [-0.4, -0.2) is 31.7 Å². The van der Waals surface area contributed by atoms with Gasteiger partial charge in [0.1, 0.15) is 0 Å². The van der Waals surface area contributed by atoms with E-state index in [1.807, 2.05) is 24.3 Å². The van der Waals surface area contributed by atoms with Crippen LogP contribution in [0.3, 0.4) is 0 Å². The average Bonchev–Trinajstić information content (AvgIpc) is 3.39. The summed E-state index contributed by atoms with van der Waals surface area (Å²) in [6, 6.07) is 22.4. The fraction of sp³-hybridized carbons (Fsp3) is 0.235. The molecular formula is C34H32N5O3+. The van der Waals surface area contributed by atoms with Crippen molar-refractivity contribution < 1.29 is 14.9 Å². The quantitative estimate of drug-likeness (QED) is 0.140. The Morgan fingerprint density at radius 1 is 1.17 bits per heavy atom. The first-order chi connectivity index (χ1) is 20.5. The molecule has 5 aromatic rings. The standard InChI is InChI=1S/C34H31N5O3/c1-2-3-5-11-26(40)16-17-30(41)36-34(19-8-20-34)25-14-12-24(13-15-25)31-27(23-9-6-4-7-10-23)22-28-29(35-31)18-21-39-32(28)37-38-33(39)42/h1,4,6-7,9-10,12-18,21-22,26,40H,3,5,8,11,19-20H2,(H,36,41)(H,38,42)/p+1/b17-16+. The lowest BCUT2D eigenvalue weighted by atomic mass is 9.71. The van der Waals surface area contributed by atoms with Gasteiger partial charge in [0.25, 0.3) is 0 Å². The molecule has 1 atom stereocenters. The zero-order valence-corrected chi connectivity index (χ0v) is 23.1. The number of aromatic amines is 2. The van der Waals surface area contributed by atoms with Crippen LogP contribution in [0.5, 0.6) is 0 Å². The first kappa shape index (κ1) is 27.2. The third-order valence-corrected chi connectivity index (χ3v) is 8.11. The molecule has 3 aromatic heterocycles. The molecule has 1 saturated carbocycles. The van der Waals surface area contributed by atoms with Crippen LogP contribution in [0.1, 0.15) is 44.1 Å². The Morgan fingerprint density at radius 2 is 1.95 bits per heavy atom. The number of pyridine rings is 2. The molecule has 3 heterocycles. The van der Waals surface area contributed by atoms with Gasteiger partial charge in [-0.1, -0.05) is 48.5 Å². The first-order valence-electron chi connectivity index (χ1n) is 14.2. The number of aromatic nitrogens is 4. The molecule has 1 aliphatic carbocycles. The first-order valence-corrected chi connectivity index (χ1v) is 14.2. The molecule has 0 saturated heterocycles. The lowest BCUT2D eigenvalue weighted by molar-refractivity contribution is -0.330. The maximum atomic E-state index is 12.8. The summed E-state index contributed by atoms with van der Waals surface area (Å²) in [5.41, 5.74) is 5.71. The number of aliphatic hydroxyl groups is 1. The number of hydrogen-bond donors (Lipinski definition) is 3. The number of benzene rings is 2. The van der Waals surface area contributed by atoms with E-state index in [0.29, 0.717) is 24.9 Å². The number of H-pyrrole nitrogens is 2. The number of terminal acetylenes is 1. The zero-order chi connectivity index (χ0) is 29.1. The van der Waals surface area contributed by atoms with Gasteiger partial charge in [-0.3, -0.25) is 4.79 Å². The molecular weight excluding hydrogens is 526 g/mol. The Hall–Kier alpha value is -5.00. The molecule has 1 amide bonds. The predicted molar refractivity (Wildman–Crippen MR) is 162 cm³/mol. The van der Waals surface area contributed by atoms with Crippen LogP contribution in [0.2, 0.25) is 0 Å². The van der Waals surface area contributed by atoms with Gasteiger partial charge in [0.15, 0.2) is 5.65 Å². The Kier molecular flexibility index (Phi) is 7.43. The van der Waals surface area contributed by atoms with E-state index in [1.165, 1.54) is 16.6 Å². The second-order valence-electron chi connectivity index (χ2n) is 10.8. The van der Waals surface area contributed by atoms with Crippen molar-refractivity contribution in [3.8, 4) is 34.7 Å². The number of hydrogen-bond acceptors (Lipinski definition) is 4. The summed E-state index contributed by atoms with van der Waals surface area (Å²) in [4.78, 5) is 28.6. The number of rotatable bonds is 9. The van der Waals surface area contributed by atoms with E-state index >= 15 is 0 Å². The van der Waals surface area contributed by atoms with E-state index in [4.69, 9.17) is 6.42 Å². The minimum absolute atomic E-state index is 0.215. The van der Waals surface area contributed by atoms with Crippen LogP contribution >= 0.6 is 0 Å². The normalized spacial score (nSPS) is 15.0. The Balaban J connectivity index is 1.31. The van der Waals surface area contributed by atoms with Crippen molar-refractivity contribution in [3.63, 3.8) is 0 Å². The SMILES string of the molecule is C#CCCCC(O)/C=C/C(=O)NC1(c2ccc(-c3[nH+]c4ccn5c(=O)[nH]nc5c4cc3-c3ccccc3)cc2)CCC1. The van der Waals surface area contributed by atoms with E-state index in [1.54, 1.807) is 6.20 Å². The van der Waals surface area contributed by atoms with Crippen LogP contribution < -0.4 is 16.0 Å². The van der Waals surface area contributed by atoms with Crippen LogP contribution in [0.15, 0.2) is 89.9 Å². The van der Waals surface area contributed by atoms with Crippen molar-refractivity contribution in [1.82, 2.24) is 19.9 Å². The van der Waals surface area contributed by atoms with E-state index in [0.717, 1.165) is 58.1 Å². The summed E-state index contributed by atoms with van der Waals surface area (Å²) < 4.78 is 1.50. The highest BCUT2D eigenvalue weighted by Crippen LogP contribution is 2.42. The van der Waals surface area contributed by atoms with Gasteiger partial charge in [-0.2, -0.15) is 5.10 Å². The van der Waals surface area contributed by atoms with Crippen molar-refractivity contribution >= 4 is 22.5 Å². The Morgan fingerprint density at radius 3 is 2.67 bits per heavy atom. The monoisotopic (exact) mass is 558 g/mol. The zero-order valence-electron chi connectivity index (χ0n) is 23.1. The van der Waals surface area contributed by atoms with Gasteiger partial charge in [0, 0.05) is 30.3 Å². The van der Waals surface area contributed by atoms with Gasteiger partial charge in [-0.05, 0) is 61.4 Å². The summed E-state index contributed by atoms with van der Waals surface area (Å²) in [5, 5.41) is 20.9. The fourth-order valence-electron chi connectivity index (χ4n) is 5.69. The number of amides is 1. The summed E-state index contributed by atoms with van der Waals surface area (Å²) >= 11 is 0. The third kappa shape index (κ3) is 5.22. The Bertz CT molecular complexity index is 1880.